The summed E-state index contributed by atoms with van der Waals surface area (Å²) in [6.45, 7) is 4.24. The second kappa shape index (κ2) is 5.70. The summed E-state index contributed by atoms with van der Waals surface area (Å²) in [5.74, 6) is -0.298. The van der Waals surface area contributed by atoms with Crippen LogP contribution in [0.4, 0.5) is 0 Å². The normalized spacial score (nSPS) is 10.3. The first-order chi connectivity index (χ1) is 9.17. The molecule has 19 heavy (non-hydrogen) atoms. The number of carbonyl (C=O) groups is 1. The van der Waals surface area contributed by atoms with Crippen LogP contribution in [0.15, 0.2) is 42.5 Å². The van der Waals surface area contributed by atoms with E-state index in [1.807, 2.05) is 18.2 Å². The fourth-order valence-electron chi connectivity index (χ4n) is 2.36. The lowest BCUT2D eigenvalue weighted by molar-refractivity contribution is 0.0601. The molecule has 0 atom stereocenters. The maximum Gasteiger partial charge on any atom is 0.337 e. The number of benzene rings is 2. The number of ether oxygens (including phenoxy) is 1. The van der Waals surface area contributed by atoms with E-state index in [1.54, 1.807) is 6.07 Å². The van der Waals surface area contributed by atoms with Crippen molar-refractivity contribution in [3.63, 3.8) is 0 Å². The van der Waals surface area contributed by atoms with Gasteiger partial charge in [0.05, 0.1) is 12.7 Å². The van der Waals surface area contributed by atoms with Crippen LogP contribution >= 0.6 is 0 Å². The van der Waals surface area contributed by atoms with Crippen LogP contribution in [0.2, 0.25) is 0 Å². The predicted molar refractivity (Wildman–Crippen MR) is 77.3 cm³/mol. The molecule has 0 N–H and O–H groups in total. The first kappa shape index (κ1) is 13.3. The minimum atomic E-state index is -0.298. The highest BCUT2D eigenvalue weighted by Gasteiger charge is 2.10. The molecule has 0 saturated heterocycles. The van der Waals surface area contributed by atoms with Gasteiger partial charge in [0, 0.05) is 0 Å². The van der Waals surface area contributed by atoms with Crippen LogP contribution in [0.25, 0.3) is 11.1 Å². The Morgan fingerprint density at radius 3 is 2.58 bits per heavy atom. The van der Waals surface area contributed by atoms with Gasteiger partial charge in [0.15, 0.2) is 0 Å². The van der Waals surface area contributed by atoms with E-state index >= 15 is 0 Å². The molecule has 2 nitrogen and oxygen atoms in total. The number of carbonyl (C=O) groups excluding carboxylic acids is 1. The van der Waals surface area contributed by atoms with Gasteiger partial charge in [0.1, 0.15) is 0 Å². The summed E-state index contributed by atoms with van der Waals surface area (Å²) in [4.78, 5) is 11.6. The van der Waals surface area contributed by atoms with Crippen molar-refractivity contribution in [2.75, 3.05) is 7.11 Å². The maximum atomic E-state index is 11.6. The van der Waals surface area contributed by atoms with Gasteiger partial charge < -0.3 is 4.74 Å². The molecule has 0 unspecified atom stereocenters. The molecule has 0 heterocycles. The van der Waals surface area contributed by atoms with Crippen LogP contribution in [-0.2, 0) is 11.2 Å². The van der Waals surface area contributed by atoms with Crippen molar-refractivity contribution >= 4 is 5.97 Å². The van der Waals surface area contributed by atoms with Gasteiger partial charge in [-0.15, -0.1) is 0 Å². The Balaban J connectivity index is 2.56. The maximum absolute atomic E-state index is 11.6. The molecule has 0 bridgehead atoms. The Morgan fingerprint density at radius 2 is 1.89 bits per heavy atom. The van der Waals surface area contributed by atoms with Crippen LogP contribution in [0.5, 0.6) is 0 Å². The van der Waals surface area contributed by atoms with Gasteiger partial charge in [-0.05, 0) is 47.7 Å². The van der Waals surface area contributed by atoms with Crippen LogP contribution in [0, 0.1) is 6.92 Å². The van der Waals surface area contributed by atoms with Gasteiger partial charge in [0.2, 0.25) is 0 Å². The number of aryl methyl sites for hydroxylation is 2. The van der Waals surface area contributed by atoms with Crippen molar-refractivity contribution in [2.45, 2.75) is 20.3 Å². The average Bonchev–Trinajstić information content (AvgIpc) is 2.46. The third-order valence-corrected chi connectivity index (χ3v) is 3.31. The van der Waals surface area contributed by atoms with E-state index in [-0.39, 0.29) is 5.97 Å². The topological polar surface area (TPSA) is 26.3 Å². The van der Waals surface area contributed by atoms with E-state index in [0.29, 0.717) is 5.56 Å². The van der Waals surface area contributed by atoms with Gasteiger partial charge >= 0.3 is 5.97 Å². The van der Waals surface area contributed by atoms with Gasteiger partial charge in [0.25, 0.3) is 0 Å². The molecule has 0 aromatic heterocycles. The molecule has 0 aliphatic rings. The first-order valence-corrected chi connectivity index (χ1v) is 6.44. The van der Waals surface area contributed by atoms with Crippen LogP contribution in [0.1, 0.15) is 28.4 Å². The molecule has 2 heteroatoms. The Kier molecular flexibility index (Phi) is 4.00. The Labute approximate surface area is 114 Å². The molecule has 2 aromatic carbocycles. The fourth-order valence-corrected chi connectivity index (χ4v) is 2.36. The fraction of sp³-hybridized carbons (Fsp3) is 0.235. The monoisotopic (exact) mass is 254 g/mol. The molecule has 0 fully saturated rings. The van der Waals surface area contributed by atoms with E-state index in [1.165, 1.54) is 23.8 Å². The van der Waals surface area contributed by atoms with Crippen molar-refractivity contribution < 1.29 is 9.53 Å². The highest BCUT2D eigenvalue weighted by Crippen LogP contribution is 2.28. The summed E-state index contributed by atoms with van der Waals surface area (Å²) in [5, 5.41) is 0. The van der Waals surface area contributed by atoms with Crippen molar-refractivity contribution in [1.82, 2.24) is 0 Å². The second-order valence-corrected chi connectivity index (χ2v) is 4.53. The summed E-state index contributed by atoms with van der Waals surface area (Å²) in [6, 6.07) is 13.9. The first-order valence-electron chi connectivity index (χ1n) is 6.44. The van der Waals surface area contributed by atoms with Crippen molar-refractivity contribution in [1.29, 1.82) is 0 Å². The highest BCUT2D eigenvalue weighted by atomic mass is 16.5. The average molecular weight is 254 g/mol. The summed E-state index contributed by atoms with van der Waals surface area (Å²) < 4.78 is 4.78. The molecule has 0 spiro atoms. The lowest BCUT2D eigenvalue weighted by Crippen LogP contribution is -2.01. The molecule has 0 saturated carbocycles. The molecule has 2 rings (SSSR count). The van der Waals surface area contributed by atoms with E-state index in [4.69, 9.17) is 4.74 Å². The molecule has 0 amide bonds. The van der Waals surface area contributed by atoms with Gasteiger partial charge in [-0.25, -0.2) is 4.79 Å². The highest BCUT2D eigenvalue weighted by molar-refractivity contribution is 5.91. The molecular weight excluding hydrogens is 236 g/mol. The molecular formula is C17H18O2. The van der Waals surface area contributed by atoms with Crippen LogP contribution in [0.3, 0.4) is 0 Å². The third-order valence-electron chi connectivity index (χ3n) is 3.31. The summed E-state index contributed by atoms with van der Waals surface area (Å²) >= 11 is 0. The van der Waals surface area contributed by atoms with E-state index < -0.39 is 0 Å². The standard InChI is InChI=1S/C17H18O2/c1-4-13-8-5-7-12(2)16(13)14-9-6-10-15(11-14)17(18)19-3/h5-11H,4H2,1-3H3. The lowest BCUT2D eigenvalue weighted by Gasteiger charge is -2.12. The van der Waals surface area contributed by atoms with Crippen LogP contribution in [-0.4, -0.2) is 13.1 Å². The number of hydrogen-bond acceptors (Lipinski definition) is 2. The lowest BCUT2D eigenvalue weighted by atomic mass is 9.93. The van der Waals surface area contributed by atoms with Gasteiger partial charge in [-0.2, -0.15) is 0 Å². The molecule has 98 valence electrons. The number of methoxy groups -OCH3 is 1. The Bertz CT molecular complexity index is 600. The minimum absolute atomic E-state index is 0.298. The minimum Gasteiger partial charge on any atom is -0.465 e. The smallest absolute Gasteiger partial charge is 0.337 e. The summed E-state index contributed by atoms with van der Waals surface area (Å²) in [7, 11) is 1.40. The van der Waals surface area contributed by atoms with Crippen molar-refractivity contribution in [3.05, 3.63) is 59.2 Å². The summed E-state index contributed by atoms with van der Waals surface area (Å²) in [5.41, 5.74) is 5.39. The van der Waals surface area contributed by atoms with E-state index in [0.717, 1.165) is 12.0 Å². The number of rotatable bonds is 3. The number of hydrogen-bond donors (Lipinski definition) is 0. The van der Waals surface area contributed by atoms with Crippen molar-refractivity contribution in [2.24, 2.45) is 0 Å². The zero-order valence-electron chi connectivity index (χ0n) is 11.6. The quantitative estimate of drug-likeness (QED) is 0.773. The van der Waals surface area contributed by atoms with Gasteiger partial charge in [-0.3, -0.25) is 0 Å². The largest absolute Gasteiger partial charge is 0.465 e. The van der Waals surface area contributed by atoms with Crippen molar-refractivity contribution in [3.8, 4) is 11.1 Å². The van der Waals surface area contributed by atoms with Crippen LogP contribution < -0.4 is 0 Å². The molecule has 2 aromatic rings. The SMILES string of the molecule is CCc1cccc(C)c1-c1cccc(C(=O)OC)c1. The number of esters is 1. The van der Waals surface area contributed by atoms with E-state index in [2.05, 4.69) is 32.0 Å². The van der Waals surface area contributed by atoms with Gasteiger partial charge in [-0.1, -0.05) is 37.3 Å². The predicted octanol–water partition coefficient (Wildman–Crippen LogP) is 4.01. The van der Waals surface area contributed by atoms with E-state index in [9.17, 15) is 4.79 Å². The zero-order chi connectivity index (χ0) is 13.8. The summed E-state index contributed by atoms with van der Waals surface area (Å²) in [6.07, 6.45) is 0.972. The zero-order valence-corrected chi connectivity index (χ0v) is 11.6. The molecule has 0 radical (unpaired) electrons. The second-order valence-electron chi connectivity index (χ2n) is 4.53. The Hall–Kier alpha value is -2.09. The molecule has 0 aliphatic carbocycles. The molecule has 0 aliphatic heterocycles. The third kappa shape index (κ3) is 2.68. The Morgan fingerprint density at radius 1 is 1.16 bits per heavy atom.